The number of hydrogen-bond donors (Lipinski definition) is 2. The Balaban J connectivity index is 1.61. The lowest BCUT2D eigenvalue weighted by Gasteiger charge is -2.21. The highest BCUT2D eigenvalue weighted by molar-refractivity contribution is 5.93. The summed E-state index contributed by atoms with van der Waals surface area (Å²) in [7, 11) is 0. The maximum Gasteiger partial charge on any atom is 0.243 e. The number of aromatic nitrogens is 4. The fourth-order valence-electron chi connectivity index (χ4n) is 2.83. The van der Waals surface area contributed by atoms with Crippen LogP contribution < -0.4 is 10.6 Å². The van der Waals surface area contributed by atoms with Crippen LogP contribution in [0.15, 0.2) is 10.6 Å². The molecule has 0 fully saturated rings. The van der Waals surface area contributed by atoms with Gasteiger partial charge in [0.25, 0.3) is 0 Å². The van der Waals surface area contributed by atoms with Crippen molar-refractivity contribution in [1.82, 2.24) is 25.2 Å². The Bertz CT molecular complexity index is 692. The van der Waals surface area contributed by atoms with E-state index in [4.69, 9.17) is 4.52 Å². The first-order chi connectivity index (χ1) is 11.0. The fourth-order valence-corrected chi connectivity index (χ4v) is 2.83. The van der Waals surface area contributed by atoms with Gasteiger partial charge >= 0.3 is 0 Å². The van der Waals surface area contributed by atoms with Gasteiger partial charge in [-0.1, -0.05) is 5.16 Å². The second-order valence-corrected chi connectivity index (χ2v) is 6.02. The lowest BCUT2D eigenvalue weighted by molar-refractivity contribution is -0.118. The zero-order valence-corrected chi connectivity index (χ0v) is 13.7. The number of fused-ring (bicyclic) bond motifs is 1. The van der Waals surface area contributed by atoms with Crippen LogP contribution in [0.1, 0.15) is 50.1 Å². The van der Waals surface area contributed by atoms with E-state index >= 15 is 0 Å². The van der Waals surface area contributed by atoms with Crippen LogP contribution in [0.5, 0.6) is 0 Å². The molecular weight excluding hydrogens is 296 g/mol. The first kappa shape index (κ1) is 15.7. The Kier molecular flexibility index (Phi) is 4.42. The van der Waals surface area contributed by atoms with E-state index in [1.54, 1.807) is 13.0 Å². The summed E-state index contributed by atoms with van der Waals surface area (Å²) in [5, 5.41) is 18.2. The Labute approximate surface area is 134 Å². The van der Waals surface area contributed by atoms with Crippen molar-refractivity contribution in [2.24, 2.45) is 0 Å². The highest BCUT2D eigenvalue weighted by Gasteiger charge is 2.23. The summed E-state index contributed by atoms with van der Waals surface area (Å²) in [4.78, 5) is 12.2. The Morgan fingerprint density at radius 2 is 2.17 bits per heavy atom. The molecule has 8 heteroatoms. The number of amides is 1. The quantitative estimate of drug-likeness (QED) is 0.869. The van der Waals surface area contributed by atoms with Crippen molar-refractivity contribution in [3.63, 3.8) is 0 Å². The molecule has 3 heterocycles. The molecule has 0 saturated carbocycles. The topological polar surface area (TPSA) is 97.9 Å². The molecule has 2 atom stereocenters. The minimum Gasteiger partial charge on any atom is -0.338 e. The lowest BCUT2D eigenvalue weighted by Crippen LogP contribution is -2.40. The number of rotatable bonds is 5. The second kappa shape index (κ2) is 6.49. The van der Waals surface area contributed by atoms with E-state index in [2.05, 4.69) is 30.6 Å². The average Bonchev–Trinajstić information content (AvgIpc) is 3.13. The third kappa shape index (κ3) is 3.42. The van der Waals surface area contributed by atoms with Crippen molar-refractivity contribution in [3.8, 4) is 0 Å². The molecule has 1 amide bonds. The molecule has 2 aromatic heterocycles. The molecule has 0 radical (unpaired) electrons. The molecule has 2 N–H and O–H groups in total. The van der Waals surface area contributed by atoms with Gasteiger partial charge in [-0.3, -0.25) is 15.4 Å². The third-order valence-corrected chi connectivity index (χ3v) is 4.04. The van der Waals surface area contributed by atoms with Gasteiger partial charge in [0.1, 0.15) is 11.6 Å². The minimum absolute atomic E-state index is 0.0634. The summed E-state index contributed by atoms with van der Waals surface area (Å²) in [6, 6.07) is 1.22. The van der Waals surface area contributed by atoms with Crippen molar-refractivity contribution in [2.75, 3.05) is 5.32 Å². The minimum atomic E-state index is -0.396. The van der Waals surface area contributed by atoms with E-state index in [1.165, 1.54) is 0 Å². The van der Waals surface area contributed by atoms with Gasteiger partial charge < -0.3 is 9.09 Å². The largest absolute Gasteiger partial charge is 0.338 e. The Morgan fingerprint density at radius 1 is 1.35 bits per heavy atom. The van der Waals surface area contributed by atoms with Gasteiger partial charge in [0.05, 0.1) is 17.8 Å². The molecular formula is C15H22N6O2. The standard InChI is InChI=1S/C15H22N6O2/c1-9-8-13(23-20-9)17-15(22)11(3)16-10(2)14-19-18-12-6-4-5-7-21(12)14/h8,10-11,16H,4-7H2,1-3H3,(H,17,22)/t10-,11+/m1/s1. The van der Waals surface area contributed by atoms with Crippen LogP contribution in [0.4, 0.5) is 5.88 Å². The van der Waals surface area contributed by atoms with E-state index < -0.39 is 6.04 Å². The number of carbonyl (C=O) groups is 1. The maximum absolute atomic E-state index is 12.2. The summed E-state index contributed by atoms with van der Waals surface area (Å²) in [5.74, 6) is 2.10. The molecule has 3 rings (SSSR count). The first-order valence-corrected chi connectivity index (χ1v) is 7.97. The summed E-state index contributed by atoms with van der Waals surface area (Å²) in [6.07, 6.45) is 3.28. The van der Waals surface area contributed by atoms with E-state index in [0.29, 0.717) is 5.88 Å². The van der Waals surface area contributed by atoms with Crippen LogP contribution >= 0.6 is 0 Å². The van der Waals surface area contributed by atoms with Crippen LogP contribution in [-0.4, -0.2) is 31.9 Å². The predicted octanol–water partition coefficient (Wildman–Crippen LogP) is 1.59. The molecule has 0 unspecified atom stereocenters. The highest BCUT2D eigenvalue weighted by atomic mass is 16.5. The van der Waals surface area contributed by atoms with Crippen molar-refractivity contribution >= 4 is 11.8 Å². The monoisotopic (exact) mass is 318 g/mol. The van der Waals surface area contributed by atoms with E-state index in [-0.39, 0.29) is 11.9 Å². The van der Waals surface area contributed by atoms with Gasteiger partial charge in [-0.2, -0.15) is 0 Å². The van der Waals surface area contributed by atoms with Crippen LogP contribution in [0.2, 0.25) is 0 Å². The number of anilines is 1. The van der Waals surface area contributed by atoms with E-state index in [1.807, 2.05) is 13.8 Å². The number of nitrogens with one attached hydrogen (secondary N) is 2. The van der Waals surface area contributed by atoms with Gasteiger partial charge in [0.15, 0.2) is 0 Å². The van der Waals surface area contributed by atoms with Gasteiger partial charge in [0.2, 0.25) is 11.8 Å². The van der Waals surface area contributed by atoms with Crippen LogP contribution in [0.3, 0.4) is 0 Å². The van der Waals surface area contributed by atoms with Crippen LogP contribution in [-0.2, 0) is 17.8 Å². The number of aryl methyl sites for hydroxylation is 2. The molecule has 23 heavy (non-hydrogen) atoms. The van der Waals surface area contributed by atoms with Crippen LogP contribution in [0, 0.1) is 6.92 Å². The van der Waals surface area contributed by atoms with Crippen molar-refractivity contribution in [1.29, 1.82) is 0 Å². The fraction of sp³-hybridized carbons (Fsp3) is 0.600. The maximum atomic E-state index is 12.2. The van der Waals surface area contributed by atoms with Gasteiger partial charge in [0, 0.05) is 19.0 Å². The van der Waals surface area contributed by atoms with Gasteiger partial charge in [-0.05, 0) is 33.6 Å². The summed E-state index contributed by atoms with van der Waals surface area (Å²) < 4.78 is 7.16. The molecule has 8 nitrogen and oxygen atoms in total. The van der Waals surface area contributed by atoms with E-state index in [0.717, 1.165) is 43.1 Å². The third-order valence-electron chi connectivity index (χ3n) is 4.04. The number of hydrogen-bond acceptors (Lipinski definition) is 6. The molecule has 0 bridgehead atoms. The van der Waals surface area contributed by atoms with Crippen molar-refractivity contribution in [2.45, 2.75) is 58.7 Å². The molecule has 2 aromatic rings. The second-order valence-electron chi connectivity index (χ2n) is 6.02. The lowest BCUT2D eigenvalue weighted by atomic mass is 10.1. The Morgan fingerprint density at radius 3 is 2.91 bits per heavy atom. The van der Waals surface area contributed by atoms with Crippen LogP contribution in [0.25, 0.3) is 0 Å². The molecule has 1 aliphatic rings. The summed E-state index contributed by atoms with van der Waals surface area (Å²) >= 11 is 0. The van der Waals surface area contributed by atoms with Crippen molar-refractivity contribution < 1.29 is 9.32 Å². The molecule has 0 spiro atoms. The van der Waals surface area contributed by atoms with E-state index in [9.17, 15) is 4.79 Å². The zero-order chi connectivity index (χ0) is 16.4. The zero-order valence-electron chi connectivity index (χ0n) is 13.7. The number of carbonyl (C=O) groups excluding carboxylic acids is 1. The van der Waals surface area contributed by atoms with Crippen molar-refractivity contribution in [3.05, 3.63) is 23.4 Å². The Hall–Kier alpha value is -2.22. The molecule has 0 saturated heterocycles. The molecule has 0 aliphatic carbocycles. The summed E-state index contributed by atoms with van der Waals surface area (Å²) in [5.41, 5.74) is 0.726. The number of nitrogens with zero attached hydrogens (tertiary/aromatic N) is 4. The molecule has 124 valence electrons. The van der Waals surface area contributed by atoms with Gasteiger partial charge in [-0.15, -0.1) is 10.2 Å². The van der Waals surface area contributed by atoms with Gasteiger partial charge in [-0.25, -0.2) is 0 Å². The summed E-state index contributed by atoms with van der Waals surface area (Å²) in [6.45, 7) is 6.55. The first-order valence-electron chi connectivity index (χ1n) is 7.97. The predicted molar refractivity (Wildman–Crippen MR) is 83.8 cm³/mol. The molecule has 1 aliphatic heterocycles. The SMILES string of the molecule is Cc1cc(NC(=O)[C@H](C)N[C@H](C)c2nnc3n2CCCC3)on1. The molecule has 0 aromatic carbocycles. The highest BCUT2D eigenvalue weighted by Crippen LogP contribution is 2.19. The average molecular weight is 318 g/mol. The smallest absolute Gasteiger partial charge is 0.243 e. The normalized spacial score (nSPS) is 16.7.